The third-order valence-corrected chi connectivity index (χ3v) is 6.20. The number of carbonyl (C=O) groups is 2. The molecule has 3 N–H and O–H groups in total. The van der Waals surface area contributed by atoms with Crippen LogP contribution >= 0.6 is 22.7 Å². The van der Waals surface area contributed by atoms with Gasteiger partial charge >= 0.3 is 5.97 Å². The third kappa shape index (κ3) is 6.11. The number of amides is 1. The molecule has 9 heteroatoms. The maximum atomic E-state index is 13.6. The lowest BCUT2D eigenvalue weighted by Gasteiger charge is -2.11. The number of nitrogens with zero attached hydrogens (tertiary/aromatic N) is 1. The molecule has 0 saturated heterocycles. The highest BCUT2D eigenvalue weighted by molar-refractivity contribution is 7.15. The molecule has 6 nitrogen and oxygen atoms in total. The number of carboxylic acids is 1. The van der Waals surface area contributed by atoms with E-state index in [1.54, 1.807) is 23.6 Å². The predicted octanol–water partition coefficient (Wildman–Crippen LogP) is 5.18. The van der Waals surface area contributed by atoms with E-state index in [1.165, 1.54) is 28.7 Å². The van der Waals surface area contributed by atoms with Gasteiger partial charge in [-0.2, -0.15) is 0 Å². The summed E-state index contributed by atoms with van der Waals surface area (Å²) < 4.78 is 13.6. The fourth-order valence-electron chi connectivity index (χ4n) is 2.85. The van der Waals surface area contributed by atoms with Crippen molar-refractivity contribution >= 4 is 45.4 Å². The molecule has 0 saturated carbocycles. The average molecular weight is 448 g/mol. The molecule has 2 aromatic heterocycles. The molecule has 1 amide bonds. The lowest BCUT2D eigenvalue weighted by atomic mass is 10.1. The third-order valence-electron chi connectivity index (χ3n) is 4.31. The summed E-state index contributed by atoms with van der Waals surface area (Å²) in [6.45, 7) is 2.63. The van der Waals surface area contributed by atoms with Crippen molar-refractivity contribution in [2.75, 3.05) is 10.6 Å². The zero-order valence-electron chi connectivity index (χ0n) is 16.4. The number of thiophene rings is 1. The van der Waals surface area contributed by atoms with Crippen LogP contribution in [0.1, 0.15) is 45.6 Å². The van der Waals surface area contributed by atoms with Gasteiger partial charge in [0, 0.05) is 22.5 Å². The summed E-state index contributed by atoms with van der Waals surface area (Å²) in [4.78, 5) is 28.8. The summed E-state index contributed by atoms with van der Waals surface area (Å²) in [7, 11) is 0. The van der Waals surface area contributed by atoms with Crippen LogP contribution in [0.15, 0.2) is 35.7 Å². The Balaban J connectivity index is 1.59. The minimum absolute atomic E-state index is 0.176. The fraction of sp³-hybridized carbons (Fsp3) is 0.286. The van der Waals surface area contributed by atoms with Crippen molar-refractivity contribution in [1.82, 2.24) is 4.98 Å². The van der Waals surface area contributed by atoms with Crippen molar-refractivity contribution in [3.63, 3.8) is 0 Å². The Hall–Kier alpha value is -2.78. The number of halogens is 1. The number of carboxylic acid groups (broad SMARTS) is 1. The van der Waals surface area contributed by atoms with Crippen LogP contribution in [0.25, 0.3) is 0 Å². The number of rotatable bonds is 10. The quantitative estimate of drug-likeness (QED) is 0.398. The molecule has 0 aliphatic rings. The highest BCUT2D eigenvalue weighted by Gasteiger charge is 2.13. The Morgan fingerprint density at radius 2 is 2.07 bits per heavy atom. The number of aromatic nitrogens is 1. The second-order valence-corrected chi connectivity index (χ2v) is 8.72. The smallest absolute Gasteiger partial charge is 0.309 e. The zero-order chi connectivity index (χ0) is 21.5. The average Bonchev–Trinajstić information content (AvgIpc) is 3.34. The van der Waals surface area contributed by atoms with E-state index in [4.69, 9.17) is 5.11 Å². The molecule has 1 aromatic carbocycles. The van der Waals surface area contributed by atoms with E-state index < -0.39 is 5.97 Å². The molecule has 0 atom stereocenters. The monoisotopic (exact) mass is 447 g/mol. The summed E-state index contributed by atoms with van der Waals surface area (Å²) in [5.41, 5.74) is 2.27. The molecule has 0 spiro atoms. The Morgan fingerprint density at radius 1 is 1.23 bits per heavy atom. The van der Waals surface area contributed by atoms with E-state index in [9.17, 15) is 14.0 Å². The Morgan fingerprint density at radius 3 is 2.83 bits per heavy atom. The van der Waals surface area contributed by atoms with E-state index in [0.29, 0.717) is 22.2 Å². The fourth-order valence-corrected chi connectivity index (χ4v) is 4.39. The van der Waals surface area contributed by atoms with Gasteiger partial charge in [-0.05, 0) is 48.7 Å². The van der Waals surface area contributed by atoms with Crippen LogP contribution in [-0.4, -0.2) is 22.0 Å². The number of unbranched alkanes of at least 4 members (excludes halogenated alkanes) is 1. The van der Waals surface area contributed by atoms with Gasteiger partial charge < -0.3 is 10.4 Å². The van der Waals surface area contributed by atoms with Gasteiger partial charge in [-0.1, -0.05) is 13.3 Å². The topological polar surface area (TPSA) is 91.3 Å². The van der Waals surface area contributed by atoms with Crippen molar-refractivity contribution in [1.29, 1.82) is 0 Å². The van der Waals surface area contributed by atoms with Crippen molar-refractivity contribution in [3.8, 4) is 0 Å². The summed E-state index contributed by atoms with van der Waals surface area (Å²) in [6, 6.07) is 8.37. The molecule has 0 unspecified atom stereocenters. The maximum absolute atomic E-state index is 13.6. The maximum Gasteiger partial charge on any atom is 0.309 e. The van der Waals surface area contributed by atoms with E-state index in [-0.39, 0.29) is 18.1 Å². The van der Waals surface area contributed by atoms with Gasteiger partial charge in [-0.15, -0.1) is 22.7 Å². The van der Waals surface area contributed by atoms with Gasteiger partial charge in [0.15, 0.2) is 5.13 Å². The predicted molar refractivity (Wildman–Crippen MR) is 118 cm³/mol. The van der Waals surface area contributed by atoms with Crippen molar-refractivity contribution in [3.05, 3.63) is 62.5 Å². The molecule has 158 valence electrons. The molecule has 0 radical (unpaired) electrons. The molecule has 3 rings (SSSR count). The zero-order valence-corrected chi connectivity index (χ0v) is 18.0. The molecule has 0 aliphatic heterocycles. The normalized spacial score (nSPS) is 10.7. The van der Waals surface area contributed by atoms with E-state index in [2.05, 4.69) is 22.5 Å². The van der Waals surface area contributed by atoms with Gasteiger partial charge in [0.05, 0.1) is 17.0 Å². The molecule has 0 bridgehead atoms. The lowest BCUT2D eigenvalue weighted by Crippen LogP contribution is -2.10. The number of nitrogens with one attached hydrogen (secondary N) is 2. The minimum Gasteiger partial charge on any atom is -0.481 e. The van der Waals surface area contributed by atoms with E-state index in [0.717, 1.165) is 35.4 Å². The first-order valence-corrected chi connectivity index (χ1v) is 11.2. The molecule has 2 heterocycles. The van der Waals surface area contributed by atoms with Crippen LogP contribution in [0.3, 0.4) is 0 Å². The molecule has 0 fully saturated rings. The molecule has 30 heavy (non-hydrogen) atoms. The number of hydrogen-bond donors (Lipinski definition) is 3. The van der Waals surface area contributed by atoms with Gasteiger partial charge in [0.2, 0.25) is 0 Å². The number of aryl methyl sites for hydroxylation is 1. The SMILES string of the molecule is CCCCc1cc(F)ccc1NCc1ccc(C(=O)Nc2nc(CC(=O)O)cs2)s1. The van der Waals surface area contributed by atoms with Crippen LogP contribution in [0.2, 0.25) is 0 Å². The first kappa shape index (κ1) is 21.9. The minimum atomic E-state index is -0.965. The van der Waals surface area contributed by atoms with Crippen molar-refractivity contribution in [2.45, 2.75) is 39.2 Å². The van der Waals surface area contributed by atoms with Crippen LogP contribution in [0, 0.1) is 5.82 Å². The number of anilines is 2. The molecular formula is C21H22FN3O3S2. The highest BCUT2D eigenvalue weighted by Crippen LogP contribution is 2.24. The van der Waals surface area contributed by atoms with Gasteiger partial charge in [0.1, 0.15) is 5.82 Å². The van der Waals surface area contributed by atoms with Crippen LogP contribution in [0.4, 0.5) is 15.2 Å². The van der Waals surface area contributed by atoms with E-state index >= 15 is 0 Å². The van der Waals surface area contributed by atoms with Crippen LogP contribution in [-0.2, 0) is 24.2 Å². The molecule has 3 aromatic rings. The second-order valence-electron chi connectivity index (χ2n) is 6.69. The van der Waals surface area contributed by atoms with Crippen molar-refractivity contribution in [2.24, 2.45) is 0 Å². The Labute approximate surface area is 181 Å². The molecular weight excluding hydrogens is 425 g/mol. The summed E-state index contributed by atoms with van der Waals surface area (Å²) in [5.74, 6) is -1.49. The van der Waals surface area contributed by atoms with Crippen LogP contribution in [0.5, 0.6) is 0 Å². The Kier molecular flexibility index (Phi) is 7.53. The number of benzene rings is 1. The first-order valence-electron chi connectivity index (χ1n) is 9.53. The number of hydrogen-bond acceptors (Lipinski definition) is 6. The number of aliphatic carboxylic acids is 1. The lowest BCUT2D eigenvalue weighted by molar-refractivity contribution is -0.136. The summed E-state index contributed by atoms with van der Waals surface area (Å²) >= 11 is 2.55. The summed E-state index contributed by atoms with van der Waals surface area (Å²) in [5, 5.41) is 16.8. The van der Waals surface area contributed by atoms with Crippen LogP contribution < -0.4 is 10.6 Å². The first-order chi connectivity index (χ1) is 14.4. The number of thiazole rings is 1. The summed E-state index contributed by atoms with van der Waals surface area (Å²) in [6.07, 6.45) is 2.67. The van der Waals surface area contributed by atoms with Gasteiger partial charge in [-0.3, -0.25) is 14.9 Å². The van der Waals surface area contributed by atoms with E-state index in [1.807, 2.05) is 6.07 Å². The van der Waals surface area contributed by atoms with Crippen molar-refractivity contribution < 1.29 is 19.1 Å². The molecule has 0 aliphatic carbocycles. The highest BCUT2D eigenvalue weighted by atomic mass is 32.1. The second kappa shape index (κ2) is 10.3. The number of carbonyl (C=O) groups excluding carboxylic acids is 1. The Bertz CT molecular complexity index is 1030. The van der Waals surface area contributed by atoms with Gasteiger partial charge in [-0.25, -0.2) is 9.37 Å². The standard InChI is InChI=1S/C21H22FN3O3S2/c1-2-3-4-13-9-14(22)5-7-17(13)23-11-16-6-8-18(30-16)20(28)25-21-24-15(12-29-21)10-19(26)27/h5-9,12,23H,2-4,10-11H2,1H3,(H,26,27)(H,24,25,28). The van der Waals surface area contributed by atoms with Gasteiger partial charge in [0.25, 0.3) is 5.91 Å². The largest absolute Gasteiger partial charge is 0.481 e.